The number of nitrogens with zero attached hydrogens (tertiary/aromatic N) is 2. The lowest BCUT2D eigenvalue weighted by atomic mass is 10.0. The topological polar surface area (TPSA) is 55.2 Å². The van der Waals surface area contributed by atoms with Gasteiger partial charge in [0.1, 0.15) is 11.9 Å². The van der Waals surface area contributed by atoms with E-state index in [0.29, 0.717) is 23.6 Å². The summed E-state index contributed by atoms with van der Waals surface area (Å²) in [5.74, 6) is 0.647. The van der Waals surface area contributed by atoms with E-state index in [4.69, 9.17) is 4.74 Å². The number of fused-ring (bicyclic) bond motifs is 1. The van der Waals surface area contributed by atoms with Gasteiger partial charge < -0.3 is 9.84 Å². The molecule has 0 fully saturated rings. The monoisotopic (exact) mass is 280 g/mol. The molecule has 0 saturated carbocycles. The highest BCUT2D eigenvalue weighted by Gasteiger charge is 2.16. The maximum Gasteiger partial charge on any atom is 0.137 e. The van der Waals surface area contributed by atoms with E-state index in [1.807, 2.05) is 37.3 Å². The third kappa shape index (κ3) is 2.71. The Kier molecular flexibility index (Phi) is 3.79. The molecule has 2 aromatic heterocycles. The number of hydrogen-bond acceptors (Lipinski definition) is 4. The Balaban J connectivity index is 2.04. The van der Waals surface area contributed by atoms with Crippen molar-refractivity contribution >= 4 is 10.8 Å². The Hall–Kier alpha value is -2.46. The summed E-state index contributed by atoms with van der Waals surface area (Å²) in [7, 11) is 0. The minimum atomic E-state index is -0.830. The molecule has 3 rings (SSSR count). The third-order valence-corrected chi connectivity index (χ3v) is 3.32. The zero-order valence-electron chi connectivity index (χ0n) is 11.7. The quantitative estimate of drug-likeness (QED) is 0.797. The van der Waals surface area contributed by atoms with Gasteiger partial charge in [-0.1, -0.05) is 24.3 Å². The van der Waals surface area contributed by atoms with Crippen LogP contribution in [0.2, 0.25) is 0 Å². The molecule has 0 bridgehead atoms. The summed E-state index contributed by atoms with van der Waals surface area (Å²) in [5.41, 5.74) is 1.30. The van der Waals surface area contributed by atoms with Crippen LogP contribution in [0.4, 0.5) is 0 Å². The standard InChI is InChI=1S/C17H16N2O2/c1-2-21-14-9-13(10-18-11-14)17(20)16-15-6-4-3-5-12(15)7-8-19-16/h3-11,17,20H,2H2,1H3. The van der Waals surface area contributed by atoms with Crippen LogP contribution in [0, 0.1) is 0 Å². The molecule has 0 saturated heterocycles. The van der Waals surface area contributed by atoms with Crippen LogP contribution in [-0.4, -0.2) is 21.7 Å². The van der Waals surface area contributed by atoms with Crippen molar-refractivity contribution in [3.8, 4) is 5.75 Å². The molecule has 21 heavy (non-hydrogen) atoms. The SMILES string of the molecule is CCOc1cncc(C(O)c2nccc3ccccc23)c1. The Morgan fingerprint density at radius 1 is 1.19 bits per heavy atom. The first kappa shape index (κ1) is 13.5. The summed E-state index contributed by atoms with van der Waals surface area (Å²) in [6, 6.07) is 11.6. The number of pyridine rings is 2. The van der Waals surface area contributed by atoms with E-state index in [1.54, 1.807) is 24.7 Å². The van der Waals surface area contributed by atoms with E-state index < -0.39 is 6.10 Å². The van der Waals surface area contributed by atoms with E-state index in [0.717, 1.165) is 10.8 Å². The summed E-state index contributed by atoms with van der Waals surface area (Å²) in [5, 5.41) is 12.6. The average Bonchev–Trinajstić information content (AvgIpc) is 2.54. The normalized spacial score (nSPS) is 12.3. The number of aromatic nitrogens is 2. The Bertz CT molecular complexity index is 753. The number of benzene rings is 1. The first-order valence-corrected chi connectivity index (χ1v) is 6.89. The Morgan fingerprint density at radius 3 is 2.90 bits per heavy atom. The molecular formula is C17H16N2O2. The maximum absolute atomic E-state index is 10.6. The minimum Gasteiger partial charge on any atom is -0.492 e. The lowest BCUT2D eigenvalue weighted by Gasteiger charge is -2.13. The molecule has 4 heteroatoms. The molecule has 1 aromatic carbocycles. The third-order valence-electron chi connectivity index (χ3n) is 3.32. The maximum atomic E-state index is 10.6. The van der Waals surface area contributed by atoms with Crippen molar-refractivity contribution in [1.29, 1.82) is 0 Å². The number of hydrogen-bond donors (Lipinski definition) is 1. The molecule has 0 aliphatic heterocycles. The fraction of sp³-hybridized carbons (Fsp3) is 0.176. The van der Waals surface area contributed by atoms with E-state index in [2.05, 4.69) is 9.97 Å². The van der Waals surface area contributed by atoms with Crippen LogP contribution >= 0.6 is 0 Å². The van der Waals surface area contributed by atoms with Gasteiger partial charge in [0.2, 0.25) is 0 Å². The van der Waals surface area contributed by atoms with Crippen molar-refractivity contribution in [2.24, 2.45) is 0 Å². The van der Waals surface area contributed by atoms with E-state index in [-0.39, 0.29) is 0 Å². The van der Waals surface area contributed by atoms with Crippen LogP contribution in [0.3, 0.4) is 0 Å². The van der Waals surface area contributed by atoms with Gasteiger partial charge in [0.15, 0.2) is 0 Å². The van der Waals surface area contributed by atoms with Gasteiger partial charge in [-0.3, -0.25) is 9.97 Å². The molecule has 106 valence electrons. The lowest BCUT2D eigenvalue weighted by Crippen LogP contribution is -2.04. The average molecular weight is 280 g/mol. The first-order chi connectivity index (χ1) is 10.3. The van der Waals surface area contributed by atoms with Gasteiger partial charge in [0.05, 0.1) is 18.5 Å². The molecule has 0 aliphatic carbocycles. The molecule has 2 heterocycles. The van der Waals surface area contributed by atoms with Crippen LogP contribution < -0.4 is 4.74 Å². The van der Waals surface area contributed by atoms with Gasteiger partial charge in [0.25, 0.3) is 0 Å². The van der Waals surface area contributed by atoms with Gasteiger partial charge in [-0.05, 0) is 24.4 Å². The Labute approximate surface area is 123 Å². The lowest BCUT2D eigenvalue weighted by molar-refractivity contribution is 0.215. The number of aliphatic hydroxyl groups is 1. The molecular weight excluding hydrogens is 264 g/mol. The molecule has 0 spiro atoms. The molecule has 0 radical (unpaired) electrons. The minimum absolute atomic E-state index is 0.563. The molecule has 1 unspecified atom stereocenters. The van der Waals surface area contributed by atoms with Crippen molar-refractivity contribution in [3.63, 3.8) is 0 Å². The second kappa shape index (κ2) is 5.89. The summed E-state index contributed by atoms with van der Waals surface area (Å²) < 4.78 is 5.43. The smallest absolute Gasteiger partial charge is 0.137 e. The van der Waals surface area contributed by atoms with Crippen LogP contribution in [0.15, 0.2) is 55.0 Å². The van der Waals surface area contributed by atoms with Crippen molar-refractivity contribution < 1.29 is 9.84 Å². The van der Waals surface area contributed by atoms with Crippen LogP contribution in [0.25, 0.3) is 10.8 Å². The molecule has 0 amide bonds. The van der Waals surface area contributed by atoms with Gasteiger partial charge >= 0.3 is 0 Å². The van der Waals surface area contributed by atoms with E-state index in [9.17, 15) is 5.11 Å². The van der Waals surface area contributed by atoms with Crippen molar-refractivity contribution in [2.45, 2.75) is 13.0 Å². The fourth-order valence-electron chi connectivity index (χ4n) is 2.35. The van der Waals surface area contributed by atoms with Crippen molar-refractivity contribution in [1.82, 2.24) is 9.97 Å². The van der Waals surface area contributed by atoms with Gasteiger partial charge in [0, 0.05) is 23.3 Å². The van der Waals surface area contributed by atoms with E-state index in [1.165, 1.54) is 0 Å². The van der Waals surface area contributed by atoms with Crippen molar-refractivity contribution in [3.05, 3.63) is 66.2 Å². The first-order valence-electron chi connectivity index (χ1n) is 6.89. The molecule has 0 aliphatic rings. The highest BCUT2D eigenvalue weighted by molar-refractivity contribution is 5.84. The van der Waals surface area contributed by atoms with Crippen molar-refractivity contribution in [2.75, 3.05) is 6.61 Å². The number of rotatable bonds is 4. The number of ether oxygens (including phenoxy) is 1. The highest BCUT2D eigenvalue weighted by Crippen LogP contribution is 2.28. The van der Waals surface area contributed by atoms with Crippen LogP contribution in [0.1, 0.15) is 24.3 Å². The zero-order chi connectivity index (χ0) is 14.7. The largest absolute Gasteiger partial charge is 0.492 e. The highest BCUT2D eigenvalue weighted by atomic mass is 16.5. The number of aliphatic hydroxyl groups excluding tert-OH is 1. The van der Waals surface area contributed by atoms with Crippen LogP contribution in [-0.2, 0) is 0 Å². The molecule has 3 aromatic rings. The summed E-state index contributed by atoms with van der Waals surface area (Å²) >= 11 is 0. The molecule has 1 N–H and O–H groups in total. The second-order valence-corrected chi connectivity index (χ2v) is 4.71. The predicted octanol–water partition coefficient (Wildman–Crippen LogP) is 3.11. The molecule has 4 nitrogen and oxygen atoms in total. The fourth-order valence-corrected chi connectivity index (χ4v) is 2.35. The second-order valence-electron chi connectivity index (χ2n) is 4.71. The Morgan fingerprint density at radius 2 is 2.05 bits per heavy atom. The summed E-state index contributed by atoms with van der Waals surface area (Å²) in [6.07, 6.45) is 4.15. The van der Waals surface area contributed by atoms with Gasteiger partial charge in [-0.25, -0.2) is 0 Å². The van der Waals surface area contributed by atoms with Gasteiger partial charge in [-0.2, -0.15) is 0 Å². The zero-order valence-corrected chi connectivity index (χ0v) is 11.7. The predicted molar refractivity (Wildman–Crippen MR) is 81.2 cm³/mol. The van der Waals surface area contributed by atoms with Crippen LogP contribution in [0.5, 0.6) is 5.75 Å². The van der Waals surface area contributed by atoms with E-state index >= 15 is 0 Å². The summed E-state index contributed by atoms with van der Waals surface area (Å²) in [4.78, 5) is 8.46. The summed E-state index contributed by atoms with van der Waals surface area (Å²) in [6.45, 7) is 2.48. The van der Waals surface area contributed by atoms with Gasteiger partial charge in [-0.15, -0.1) is 0 Å². The molecule has 1 atom stereocenters.